The maximum Gasteiger partial charge on any atom is 0.490 e. The molecule has 0 spiro atoms. The molecule has 212 valence electrons. The zero-order valence-corrected chi connectivity index (χ0v) is 21.4. The second-order valence-corrected chi connectivity index (χ2v) is 10.9. The van der Waals surface area contributed by atoms with Gasteiger partial charge in [0.25, 0.3) is 5.91 Å². The van der Waals surface area contributed by atoms with Crippen LogP contribution in [0, 0.1) is 5.92 Å². The van der Waals surface area contributed by atoms with Crippen LogP contribution in [0.5, 0.6) is 0 Å². The van der Waals surface area contributed by atoms with Crippen LogP contribution in [0.15, 0.2) is 18.2 Å². The number of carboxylic acid groups (broad SMARTS) is 1. The first-order valence-electron chi connectivity index (χ1n) is 13.3. The normalized spacial score (nSPS) is 27.4. The monoisotopic (exact) mass is 551 g/mol. The molecule has 5 aliphatic rings. The van der Waals surface area contributed by atoms with Crippen molar-refractivity contribution in [1.29, 1.82) is 0 Å². The second-order valence-electron chi connectivity index (χ2n) is 10.9. The maximum atomic E-state index is 13.0. The first-order chi connectivity index (χ1) is 18.5. The van der Waals surface area contributed by atoms with Crippen molar-refractivity contribution in [2.45, 2.75) is 63.0 Å². The van der Waals surface area contributed by atoms with Gasteiger partial charge in [0.15, 0.2) is 0 Å². The van der Waals surface area contributed by atoms with Gasteiger partial charge in [-0.25, -0.2) is 4.79 Å². The van der Waals surface area contributed by atoms with Gasteiger partial charge in [-0.3, -0.25) is 24.6 Å². The topological polar surface area (TPSA) is 122 Å². The molecule has 6 rings (SSSR count). The number of carbonyl (C=O) groups is 4. The minimum absolute atomic E-state index is 0.0999. The first kappa shape index (κ1) is 27.4. The number of rotatable bonds is 4. The highest BCUT2D eigenvalue weighted by atomic mass is 19.4. The van der Waals surface area contributed by atoms with Gasteiger partial charge in [0.1, 0.15) is 6.04 Å². The highest BCUT2D eigenvalue weighted by Gasteiger charge is 2.45. The van der Waals surface area contributed by atoms with Crippen LogP contribution in [0.25, 0.3) is 0 Å². The molecule has 0 saturated carbocycles. The quantitative estimate of drug-likeness (QED) is 0.480. The number of fused-ring (bicyclic) bond motifs is 3. The molecule has 0 aliphatic carbocycles. The van der Waals surface area contributed by atoms with Crippen LogP contribution in [-0.4, -0.2) is 95.6 Å². The van der Waals surface area contributed by atoms with Crippen molar-refractivity contribution in [3.8, 4) is 0 Å². The number of nitrogens with zero attached hydrogens (tertiary/aromatic N) is 3. The third-order valence-electron chi connectivity index (χ3n) is 8.39. The number of nitrogens with one attached hydrogen (secondary N) is 2. The Labute approximate surface area is 223 Å². The average molecular weight is 552 g/mol. The standard InChI is InChI=1S/C24H31N5O3.C2HF3O2/c30-22-4-3-21(23(31)26-22)29-12-16-9-17(1-2-20(16)24(29)32)28-14-18-10-19(28)13-27(18)11-15-5-7-25-8-6-15;3-2(4,5)1(6)7/h1-2,9,15,18-19,21,25H,3-8,10-14H2,(H,26,30,31);(H,6,7). The van der Waals surface area contributed by atoms with E-state index in [9.17, 15) is 27.6 Å². The van der Waals surface area contributed by atoms with E-state index in [2.05, 4.69) is 32.6 Å². The fraction of sp³-hybridized carbons (Fsp3) is 0.615. The van der Waals surface area contributed by atoms with Gasteiger partial charge >= 0.3 is 12.1 Å². The number of alkyl halides is 3. The first-order valence-corrected chi connectivity index (χ1v) is 13.3. The zero-order chi connectivity index (χ0) is 27.9. The van der Waals surface area contributed by atoms with Gasteiger partial charge in [-0.1, -0.05) is 0 Å². The van der Waals surface area contributed by atoms with E-state index in [0.717, 1.165) is 37.7 Å². The van der Waals surface area contributed by atoms with Crippen molar-refractivity contribution in [3.63, 3.8) is 0 Å². The fourth-order valence-electron chi connectivity index (χ4n) is 6.42. The summed E-state index contributed by atoms with van der Waals surface area (Å²) in [6.07, 6.45) is -0.587. The Morgan fingerprint density at radius 3 is 2.36 bits per heavy atom. The number of carbonyl (C=O) groups excluding carboxylic acids is 3. The number of piperidine rings is 2. The molecule has 13 heteroatoms. The summed E-state index contributed by atoms with van der Waals surface area (Å²) in [6, 6.07) is 6.77. The van der Waals surface area contributed by atoms with E-state index in [-0.39, 0.29) is 24.1 Å². The molecular weight excluding hydrogens is 519 g/mol. The van der Waals surface area contributed by atoms with Crippen molar-refractivity contribution < 1.29 is 37.5 Å². The Hall–Kier alpha value is -3.19. The number of hydrogen-bond donors (Lipinski definition) is 3. The van der Waals surface area contributed by atoms with Crippen molar-refractivity contribution in [1.82, 2.24) is 20.4 Å². The second kappa shape index (κ2) is 10.8. The number of anilines is 1. The average Bonchev–Trinajstić information content (AvgIpc) is 3.57. The number of likely N-dealkylation sites (tertiary alicyclic amines) is 1. The van der Waals surface area contributed by atoms with Crippen molar-refractivity contribution >= 4 is 29.4 Å². The molecule has 3 atom stereocenters. The lowest BCUT2D eigenvalue weighted by molar-refractivity contribution is -0.192. The van der Waals surface area contributed by atoms with Gasteiger partial charge in [0.05, 0.1) is 0 Å². The highest BCUT2D eigenvalue weighted by molar-refractivity contribution is 6.05. The molecule has 3 amide bonds. The molecule has 1 aromatic carbocycles. The van der Waals surface area contributed by atoms with E-state index in [1.807, 2.05) is 6.07 Å². The summed E-state index contributed by atoms with van der Waals surface area (Å²) in [6.45, 7) is 6.17. The van der Waals surface area contributed by atoms with Gasteiger partial charge in [-0.15, -0.1) is 0 Å². The number of carboxylic acids is 1. The number of halogens is 3. The lowest BCUT2D eigenvalue weighted by Crippen LogP contribution is -2.52. The Morgan fingerprint density at radius 2 is 1.74 bits per heavy atom. The summed E-state index contributed by atoms with van der Waals surface area (Å²) in [4.78, 5) is 52.5. The van der Waals surface area contributed by atoms with Crippen LogP contribution in [0.3, 0.4) is 0 Å². The summed E-state index contributed by atoms with van der Waals surface area (Å²) in [5.41, 5.74) is 2.87. The zero-order valence-electron chi connectivity index (χ0n) is 21.4. The van der Waals surface area contributed by atoms with Gasteiger partial charge in [0.2, 0.25) is 11.8 Å². The molecule has 2 bridgehead atoms. The molecular formula is C26H32F3N5O5. The van der Waals surface area contributed by atoms with E-state index in [4.69, 9.17) is 9.90 Å². The van der Waals surface area contributed by atoms with Crippen molar-refractivity contribution in [2.24, 2.45) is 5.92 Å². The van der Waals surface area contributed by atoms with Crippen LogP contribution in [-0.2, 0) is 20.9 Å². The largest absolute Gasteiger partial charge is 0.490 e. The predicted octanol–water partition coefficient (Wildman–Crippen LogP) is 1.34. The molecule has 0 aromatic heterocycles. The molecule has 5 heterocycles. The third-order valence-corrected chi connectivity index (χ3v) is 8.39. The Balaban J connectivity index is 0.000000392. The lowest BCUT2D eigenvalue weighted by Gasteiger charge is -2.38. The molecule has 0 radical (unpaired) electrons. The highest BCUT2D eigenvalue weighted by Crippen LogP contribution is 2.38. The number of amides is 3. The number of piperazine rings is 1. The Bertz CT molecular complexity index is 1160. The van der Waals surface area contributed by atoms with E-state index in [0.29, 0.717) is 30.6 Å². The van der Waals surface area contributed by atoms with Gasteiger partial charge in [-0.2, -0.15) is 13.2 Å². The smallest absolute Gasteiger partial charge is 0.475 e. The van der Waals surface area contributed by atoms with Gasteiger partial charge in [-0.05, 0) is 68.5 Å². The fourth-order valence-corrected chi connectivity index (χ4v) is 6.42. The lowest BCUT2D eigenvalue weighted by atomic mass is 9.97. The third kappa shape index (κ3) is 5.74. The minimum Gasteiger partial charge on any atom is -0.475 e. The SMILES string of the molecule is O=C(O)C(F)(F)F.O=C1CCC(N2Cc3cc(N4CC5CC4CN5CC4CCNCC4)ccc3C2=O)C(=O)N1. The number of imide groups is 1. The molecule has 1 aromatic rings. The molecule has 3 unspecified atom stereocenters. The molecule has 5 aliphatic heterocycles. The van der Waals surface area contributed by atoms with Gasteiger partial charge < -0.3 is 20.2 Å². The summed E-state index contributed by atoms with van der Waals surface area (Å²) >= 11 is 0. The van der Waals surface area contributed by atoms with Crippen LogP contribution in [0.4, 0.5) is 18.9 Å². The molecule has 3 N–H and O–H groups in total. The maximum absolute atomic E-state index is 13.0. The van der Waals surface area contributed by atoms with Gasteiger partial charge in [0, 0.05) is 55.9 Å². The van der Waals surface area contributed by atoms with E-state index in [1.165, 1.54) is 31.5 Å². The molecule has 4 fully saturated rings. The number of benzene rings is 1. The van der Waals surface area contributed by atoms with Crippen LogP contribution in [0.2, 0.25) is 0 Å². The molecule has 4 saturated heterocycles. The van der Waals surface area contributed by atoms with Crippen LogP contribution >= 0.6 is 0 Å². The Morgan fingerprint density at radius 1 is 1.03 bits per heavy atom. The van der Waals surface area contributed by atoms with Crippen molar-refractivity contribution in [2.75, 3.05) is 37.6 Å². The van der Waals surface area contributed by atoms with Crippen LogP contribution < -0.4 is 15.5 Å². The number of aliphatic carboxylic acids is 1. The summed E-state index contributed by atoms with van der Waals surface area (Å²) in [5, 5.41) is 13.0. The number of hydrogen-bond acceptors (Lipinski definition) is 7. The summed E-state index contributed by atoms with van der Waals surface area (Å²) in [5.74, 6) is -2.64. The van der Waals surface area contributed by atoms with Crippen LogP contribution in [0.1, 0.15) is 48.0 Å². The molecule has 10 nitrogen and oxygen atoms in total. The predicted molar refractivity (Wildman–Crippen MR) is 133 cm³/mol. The minimum atomic E-state index is -5.08. The van der Waals surface area contributed by atoms with E-state index in [1.54, 1.807) is 4.90 Å². The Kier molecular flexibility index (Phi) is 7.55. The van der Waals surface area contributed by atoms with E-state index < -0.39 is 18.2 Å². The molecule has 39 heavy (non-hydrogen) atoms. The van der Waals surface area contributed by atoms with E-state index >= 15 is 0 Å². The van der Waals surface area contributed by atoms with Crippen molar-refractivity contribution in [3.05, 3.63) is 29.3 Å². The summed E-state index contributed by atoms with van der Waals surface area (Å²) in [7, 11) is 0. The summed E-state index contributed by atoms with van der Waals surface area (Å²) < 4.78 is 31.7.